The lowest BCUT2D eigenvalue weighted by Crippen LogP contribution is -2.35. The predicted octanol–water partition coefficient (Wildman–Crippen LogP) is 3.43. The molecule has 0 aromatic heterocycles. The van der Waals surface area contributed by atoms with Crippen LogP contribution in [0.5, 0.6) is 11.5 Å². The molecule has 0 saturated heterocycles. The van der Waals surface area contributed by atoms with Crippen LogP contribution in [0.25, 0.3) is 10.8 Å². The first-order valence-electron chi connectivity index (χ1n) is 8.97. The highest BCUT2D eigenvalue weighted by Crippen LogP contribution is 2.32. The molecule has 6 heteroatoms. The number of hydrogen-bond donors (Lipinski definition) is 1. The molecule has 3 aromatic rings. The average molecular weight is 377 g/mol. The van der Waals surface area contributed by atoms with Crippen LogP contribution in [0.2, 0.25) is 0 Å². The van der Waals surface area contributed by atoms with Gasteiger partial charge >= 0.3 is 5.97 Å². The van der Waals surface area contributed by atoms with Gasteiger partial charge in [-0.05, 0) is 41.5 Å². The molecule has 0 bridgehead atoms. The van der Waals surface area contributed by atoms with Crippen molar-refractivity contribution in [3.05, 3.63) is 71.8 Å². The first-order valence-corrected chi connectivity index (χ1v) is 8.97. The van der Waals surface area contributed by atoms with Crippen LogP contribution in [0.4, 0.5) is 0 Å². The van der Waals surface area contributed by atoms with Crippen molar-refractivity contribution >= 4 is 22.6 Å². The Hall–Kier alpha value is -3.54. The minimum Gasteiger partial charge on any atom is -0.454 e. The van der Waals surface area contributed by atoms with Crippen LogP contribution in [0.1, 0.15) is 22.8 Å². The third-order valence-corrected chi connectivity index (χ3v) is 4.57. The highest BCUT2D eigenvalue weighted by molar-refractivity contribution is 6.05. The highest BCUT2D eigenvalue weighted by atomic mass is 16.7. The number of fused-ring (bicyclic) bond motifs is 2. The summed E-state index contributed by atoms with van der Waals surface area (Å²) in [4.78, 5) is 24.9. The SMILES string of the molecule is C[C@@H](OC(=O)c1cccc2ccccc12)C(=O)NCc1ccc2c(c1)OCO2. The smallest absolute Gasteiger partial charge is 0.339 e. The second-order valence-electron chi connectivity index (χ2n) is 6.48. The zero-order valence-electron chi connectivity index (χ0n) is 15.3. The number of nitrogens with one attached hydrogen (secondary N) is 1. The van der Waals surface area contributed by atoms with Gasteiger partial charge in [0.25, 0.3) is 5.91 Å². The second kappa shape index (κ2) is 7.60. The van der Waals surface area contributed by atoms with E-state index < -0.39 is 12.1 Å². The lowest BCUT2D eigenvalue weighted by atomic mass is 10.0. The second-order valence-corrected chi connectivity index (χ2v) is 6.48. The van der Waals surface area contributed by atoms with Crippen molar-refractivity contribution in [2.45, 2.75) is 19.6 Å². The number of ether oxygens (including phenoxy) is 3. The van der Waals surface area contributed by atoms with E-state index in [4.69, 9.17) is 14.2 Å². The lowest BCUT2D eigenvalue weighted by Gasteiger charge is -2.14. The number of carbonyl (C=O) groups excluding carboxylic acids is 2. The maximum absolute atomic E-state index is 12.5. The third-order valence-electron chi connectivity index (χ3n) is 4.57. The summed E-state index contributed by atoms with van der Waals surface area (Å²) >= 11 is 0. The molecule has 0 saturated carbocycles. The Kier molecular flexibility index (Phi) is 4.85. The van der Waals surface area contributed by atoms with Crippen LogP contribution < -0.4 is 14.8 Å². The quantitative estimate of drug-likeness (QED) is 0.690. The van der Waals surface area contributed by atoms with E-state index >= 15 is 0 Å². The van der Waals surface area contributed by atoms with E-state index in [2.05, 4.69) is 5.32 Å². The Labute approximate surface area is 162 Å². The molecule has 0 spiro atoms. The molecule has 0 radical (unpaired) electrons. The van der Waals surface area contributed by atoms with E-state index in [0.29, 0.717) is 23.6 Å². The van der Waals surface area contributed by atoms with Crippen molar-refractivity contribution in [2.75, 3.05) is 6.79 Å². The standard InChI is InChI=1S/C22H19NO5/c1-14(21(24)23-12-15-9-10-19-20(11-15)27-13-26-19)28-22(25)18-8-4-6-16-5-2-3-7-17(16)18/h2-11,14H,12-13H2,1H3,(H,23,24)/t14-/m1/s1. The normalized spacial score (nSPS) is 13.2. The molecule has 1 heterocycles. The predicted molar refractivity (Wildman–Crippen MR) is 103 cm³/mol. The molecule has 4 rings (SSSR count). The molecule has 1 atom stereocenters. The molecule has 0 unspecified atom stereocenters. The van der Waals surface area contributed by atoms with E-state index in [1.807, 2.05) is 42.5 Å². The van der Waals surface area contributed by atoms with Gasteiger partial charge in [0, 0.05) is 6.54 Å². The van der Waals surface area contributed by atoms with Gasteiger partial charge in [-0.1, -0.05) is 42.5 Å². The minimum absolute atomic E-state index is 0.201. The van der Waals surface area contributed by atoms with Crippen LogP contribution in [0.3, 0.4) is 0 Å². The Balaban J connectivity index is 1.38. The molecule has 0 aliphatic carbocycles. The number of carbonyl (C=O) groups is 2. The van der Waals surface area contributed by atoms with Gasteiger partial charge in [-0.2, -0.15) is 0 Å². The van der Waals surface area contributed by atoms with Crippen LogP contribution in [0, 0.1) is 0 Å². The van der Waals surface area contributed by atoms with Crippen molar-refractivity contribution in [3.63, 3.8) is 0 Å². The fraction of sp³-hybridized carbons (Fsp3) is 0.182. The summed E-state index contributed by atoms with van der Waals surface area (Å²) in [6, 6.07) is 18.4. The summed E-state index contributed by atoms with van der Waals surface area (Å²) in [6.07, 6.45) is -0.916. The molecule has 142 valence electrons. The molecular weight excluding hydrogens is 358 g/mol. The molecule has 28 heavy (non-hydrogen) atoms. The number of amides is 1. The van der Waals surface area contributed by atoms with E-state index in [1.54, 1.807) is 25.1 Å². The molecule has 1 N–H and O–H groups in total. The fourth-order valence-corrected chi connectivity index (χ4v) is 3.06. The maximum Gasteiger partial charge on any atom is 0.339 e. The maximum atomic E-state index is 12.5. The molecule has 1 aliphatic rings. The van der Waals surface area contributed by atoms with Gasteiger partial charge in [-0.25, -0.2) is 4.79 Å². The van der Waals surface area contributed by atoms with Crippen molar-refractivity contribution in [1.82, 2.24) is 5.32 Å². The van der Waals surface area contributed by atoms with Gasteiger partial charge in [0.05, 0.1) is 5.56 Å². The fourth-order valence-electron chi connectivity index (χ4n) is 3.06. The van der Waals surface area contributed by atoms with E-state index in [1.165, 1.54) is 0 Å². The Bertz CT molecular complexity index is 1040. The van der Waals surface area contributed by atoms with Crippen LogP contribution in [-0.4, -0.2) is 24.8 Å². The van der Waals surface area contributed by atoms with Crippen LogP contribution in [-0.2, 0) is 16.1 Å². The third kappa shape index (κ3) is 3.62. The van der Waals surface area contributed by atoms with Crippen molar-refractivity contribution < 1.29 is 23.8 Å². The van der Waals surface area contributed by atoms with Gasteiger partial charge in [-0.3, -0.25) is 4.79 Å². The minimum atomic E-state index is -0.916. The first-order chi connectivity index (χ1) is 13.6. The van der Waals surface area contributed by atoms with Crippen LogP contribution >= 0.6 is 0 Å². The molecule has 3 aromatic carbocycles. The lowest BCUT2D eigenvalue weighted by molar-refractivity contribution is -0.129. The van der Waals surface area contributed by atoms with E-state index in [0.717, 1.165) is 16.3 Å². The summed E-state index contributed by atoms with van der Waals surface area (Å²) in [5.41, 5.74) is 1.30. The Morgan fingerprint density at radius 2 is 1.82 bits per heavy atom. The topological polar surface area (TPSA) is 73.9 Å². The molecule has 0 fully saturated rings. The van der Waals surface area contributed by atoms with E-state index in [9.17, 15) is 9.59 Å². The zero-order valence-corrected chi connectivity index (χ0v) is 15.3. The van der Waals surface area contributed by atoms with Gasteiger partial charge in [0.1, 0.15) is 0 Å². The number of rotatable bonds is 5. The molecule has 6 nitrogen and oxygen atoms in total. The van der Waals surface area contributed by atoms with Crippen molar-refractivity contribution in [3.8, 4) is 11.5 Å². The number of benzene rings is 3. The highest BCUT2D eigenvalue weighted by Gasteiger charge is 2.20. The van der Waals surface area contributed by atoms with Crippen molar-refractivity contribution in [2.24, 2.45) is 0 Å². The summed E-state index contributed by atoms with van der Waals surface area (Å²) < 4.78 is 16.0. The Morgan fingerprint density at radius 3 is 2.71 bits per heavy atom. The van der Waals surface area contributed by atoms with Gasteiger partial charge in [-0.15, -0.1) is 0 Å². The number of esters is 1. The van der Waals surface area contributed by atoms with Gasteiger partial charge in [0.15, 0.2) is 17.6 Å². The first kappa shape index (κ1) is 17.9. The van der Waals surface area contributed by atoms with Gasteiger partial charge in [0.2, 0.25) is 6.79 Å². The molecule has 1 amide bonds. The molecule has 1 aliphatic heterocycles. The van der Waals surface area contributed by atoms with Crippen molar-refractivity contribution in [1.29, 1.82) is 0 Å². The number of hydrogen-bond acceptors (Lipinski definition) is 5. The Morgan fingerprint density at radius 1 is 1.04 bits per heavy atom. The monoisotopic (exact) mass is 377 g/mol. The zero-order chi connectivity index (χ0) is 19.5. The summed E-state index contributed by atoms with van der Waals surface area (Å²) in [6.45, 7) is 2.05. The summed E-state index contributed by atoms with van der Waals surface area (Å²) in [7, 11) is 0. The largest absolute Gasteiger partial charge is 0.454 e. The summed E-state index contributed by atoms with van der Waals surface area (Å²) in [5.74, 6) is 0.448. The summed E-state index contributed by atoms with van der Waals surface area (Å²) in [5, 5.41) is 4.51. The molecular formula is C22H19NO5. The van der Waals surface area contributed by atoms with E-state index in [-0.39, 0.29) is 12.7 Å². The average Bonchev–Trinajstić information content (AvgIpc) is 3.19. The van der Waals surface area contributed by atoms with Crippen LogP contribution in [0.15, 0.2) is 60.7 Å². The van der Waals surface area contributed by atoms with Gasteiger partial charge < -0.3 is 19.5 Å².